The van der Waals surface area contributed by atoms with Gasteiger partial charge in [0.05, 0.1) is 26.2 Å². The Bertz CT molecular complexity index is 968. The zero-order valence-electron chi connectivity index (χ0n) is 18.0. The fourth-order valence-corrected chi connectivity index (χ4v) is 2.74. The van der Waals surface area contributed by atoms with Crippen LogP contribution in [0.3, 0.4) is 0 Å². The average molecular weight is 439 g/mol. The average Bonchev–Trinajstić information content (AvgIpc) is 2.82. The van der Waals surface area contributed by atoms with E-state index in [9.17, 15) is 14.4 Å². The Morgan fingerprint density at radius 2 is 1.84 bits per heavy atom. The van der Waals surface area contributed by atoms with Crippen LogP contribution in [-0.4, -0.2) is 51.2 Å². The zero-order valence-corrected chi connectivity index (χ0v) is 18.0. The summed E-state index contributed by atoms with van der Waals surface area (Å²) in [7, 11) is 1.48. The molecular formula is C23H25N3O6. The molecule has 0 heterocycles. The third-order valence-electron chi connectivity index (χ3n) is 4.29. The number of anilines is 1. The summed E-state index contributed by atoms with van der Waals surface area (Å²) in [6.45, 7) is 1.61. The van der Waals surface area contributed by atoms with Crippen LogP contribution in [-0.2, 0) is 14.3 Å². The highest BCUT2D eigenvalue weighted by atomic mass is 16.5. The summed E-state index contributed by atoms with van der Waals surface area (Å²) in [6, 6.07) is 15.3. The molecule has 0 unspecified atom stereocenters. The number of esters is 1. The summed E-state index contributed by atoms with van der Waals surface area (Å²) in [5.74, 6) is -0.560. The Hall–Kier alpha value is -4.06. The van der Waals surface area contributed by atoms with Gasteiger partial charge in [-0.2, -0.15) is 5.26 Å². The van der Waals surface area contributed by atoms with Gasteiger partial charge in [-0.3, -0.25) is 14.4 Å². The van der Waals surface area contributed by atoms with E-state index < -0.39 is 30.9 Å². The fourth-order valence-electron chi connectivity index (χ4n) is 2.74. The predicted molar refractivity (Wildman–Crippen MR) is 116 cm³/mol. The highest BCUT2D eigenvalue weighted by Crippen LogP contribution is 2.20. The monoisotopic (exact) mass is 439 g/mol. The molecule has 0 fully saturated rings. The minimum Gasteiger partial charge on any atom is -0.497 e. The molecule has 0 spiro atoms. The maximum atomic E-state index is 12.6. The van der Waals surface area contributed by atoms with Gasteiger partial charge in [0.25, 0.3) is 11.8 Å². The number of nitrogens with one attached hydrogen (secondary N) is 1. The van der Waals surface area contributed by atoms with Gasteiger partial charge in [0.15, 0.2) is 6.61 Å². The second-order valence-corrected chi connectivity index (χ2v) is 6.46. The van der Waals surface area contributed by atoms with Crippen molar-refractivity contribution in [2.24, 2.45) is 0 Å². The molecule has 0 aromatic heterocycles. The number of nitrogens with zero attached hydrogens (tertiary/aromatic N) is 2. The van der Waals surface area contributed by atoms with Crippen LogP contribution in [0.5, 0.6) is 11.5 Å². The molecule has 0 saturated carbocycles. The third-order valence-corrected chi connectivity index (χ3v) is 4.29. The van der Waals surface area contributed by atoms with Crippen LogP contribution in [0.4, 0.5) is 5.69 Å². The molecule has 0 atom stereocenters. The van der Waals surface area contributed by atoms with Crippen LogP contribution < -0.4 is 19.7 Å². The smallest absolute Gasteiger partial charge is 0.325 e. The molecule has 1 N–H and O–H groups in total. The largest absolute Gasteiger partial charge is 0.497 e. The van der Waals surface area contributed by atoms with Gasteiger partial charge in [-0.15, -0.1) is 0 Å². The van der Waals surface area contributed by atoms with E-state index in [1.165, 1.54) is 18.1 Å². The molecule has 0 aliphatic carbocycles. The third kappa shape index (κ3) is 7.32. The minimum absolute atomic E-state index is 0.115. The number of methoxy groups -OCH3 is 1. The van der Waals surface area contributed by atoms with E-state index in [-0.39, 0.29) is 13.0 Å². The summed E-state index contributed by atoms with van der Waals surface area (Å²) in [6.07, 6.45) is 0.115. The van der Waals surface area contributed by atoms with Crippen molar-refractivity contribution in [2.45, 2.75) is 13.3 Å². The van der Waals surface area contributed by atoms with Gasteiger partial charge in [0.2, 0.25) is 0 Å². The van der Waals surface area contributed by atoms with Crippen molar-refractivity contribution in [2.75, 3.05) is 38.3 Å². The van der Waals surface area contributed by atoms with Gasteiger partial charge in [-0.05, 0) is 49.4 Å². The van der Waals surface area contributed by atoms with E-state index in [2.05, 4.69) is 5.32 Å². The molecule has 168 valence electrons. The first-order valence-corrected chi connectivity index (χ1v) is 9.96. The van der Waals surface area contributed by atoms with Gasteiger partial charge >= 0.3 is 5.97 Å². The number of carbonyl (C=O) groups is 3. The lowest BCUT2D eigenvalue weighted by Gasteiger charge is -2.22. The van der Waals surface area contributed by atoms with E-state index in [1.54, 1.807) is 42.5 Å². The normalized spacial score (nSPS) is 9.91. The lowest BCUT2D eigenvalue weighted by atomic mass is 10.2. The van der Waals surface area contributed by atoms with E-state index in [4.69, 9.17) is 19.5 Å². The lowest BCUT2D eigenvalue weighted by Crippen LogP contribution is -2.37. The Kier molecular flexibility index (Phi) is 9.53. The molecule has 2 amide bonds. The Balaban J connectivity index is 1.90. The van der Waals surface area contributed by atoms with Crippen LogP contribution in [0.25, 0.3) is 0 Å². The second-order valence-electron chi connectivity index (χ2n) is 6.46. The second kappa shape index (κ2) is 12.6. The molecule has 32 heavy (non-hydrogen) atoms. The summed E-state index contributed by atoms with van der Waals surface area (Å²) in [4.78, 5) is 38.1. The first-order chi connectivity index (χ1) is 15.5. The summed E-state index contributed by atoms with van der Waals surface area (Å²) < 4.78 is 15.4. The van der Waals surface area contributed by atoms with Gasteiger partial charge < -0.3 is 24.4 Å². The Labute approximate surface area is 186 Å². The molecule has 2 aromatic carbocycles. The van der Waals surface area contributed by atoms with E-state index in [0.717, 1.165) is 0 Å². The van der Waals surface area contributed by atoms with Gasteiger partial charge in [-0.1, -0.05) is 6.07 Å². The number of carbonyl (C=O) groups excluding carboxylic acids is 3. The summed E-state index contributed by atoms with van der Waals surface area (Å²) in [5, 5.41) is 11.3. The molecular weight excluding hydrogens is 414 g/mol. The van der Waals surface area contributed by atoms with Crippen LogP contribution in [0, 0.1) is 11.3 Å². The number of ether oxygens (including phenoxy) is 3. The first kappa shape index (κ1) is 24.2. The van der Waals surface area contributed by atoms with Crippen LogP contribution in [0.15, 0.2) is 48.5 Å². The summed E-state index contributed by atoms with van der Waals surface area (Å²) in [5.41, 5.74) is 0.877. The standard InChI is InChI=1S/C23H25N3O6/c1-3-31-19-10-8-18(9-11-19)26(13-5-12-24)21(27)16-32-22(28)15-25-23(29)17-6-4-7-20(14-17)30-2/h4,6-11,14H,3,5,13,15-16H2,1-2H3,(H,25,29). The lowest BCUT2D eigenvalue weighted by molar-refractivity contribution is -0.146. The number of rotatable bonds is 11. The minimum atomic E-state index is -0.762. The highest BCUT2D eigenvalue weighted by molar-refractivity contribution is 5.97. The quantitative estimate of drug-likeness (QED) is 0.534. The zero-order chi connectivity index (χ0) is 23.3. The van der Waals surface area contributed by atoms with Crippen LogP contribution >= 0.6 is 0 Å². The van der Waals surface area contributed by atoms with Gasteiger partial charge in [-0.25, -0.2) is 0 Å². The maximum absolute atomic E-state index is 12.6. The number of hydrogen-bond acceptors (Lipinski definition) is 7. The van der Waals surface area contributed by atoms with Crippen molar-refractivity contribution in [3.8, 4) is 17.6 Å². The fraction of sp³-hybridized carbons (Fsp3) is 0.304. The maximum Gasteiger partial charge on any atom is 0.325 e. The molecule has 2 aromatic rings. The topological polar surface area (TPSA) is 118 Å². The highest BCUT2D eigenvalue weighted by Gasteiger charge is 2.18. The molecule has 9 heteroatoms. The molecule has 0 aliphatic heterocycles. The van der Waals surface area contributed by atoms with Gasteiger partial charge in [0, 0.05) is 17.8 Å². The molecule has 0 radical (unpaired) electrons. The molecule has 0 saturated heterocycles. The van der Waals surface area contributed by atoms with Crippen molar-refractivity contribution in [3.05, 3.63) is 54.1 Å². The Morgan fingerprint density at radius 3 is 2.50 bits per heavy atom. The number of benzene rings is 2. The van der Waals surface area contributed by atoms with Crippen molar-refractivity contribution >= 4 is 23.5 Å². The number of hydrogen-bond donors (Lipinski definition) is 1. The number of amides is 2. The molecule has 0 bridgehead atoms. The molecule has 2 rings (SSSR count). The van der Waals surface area contributed by atoms with E-state index in [1.807, 2.05) is 13.0 Å². The first-order valence-electron chi connectivity index (χ1n) is 9.96. The van der Waals surface area contributed by atoms with E-state index >= 15 is 0 Å². The molecule has 9 nitrogen and oxygen atoms in total. The summed E-state index contributed by atoms with van der Waals surface area (Å²) >= 11 is 0. The Morgan fingerprint density at radius 1 is 1.09 bits per heavy atom. The van der Waals surface area contributed by atoms with Crippen molar-refractivity contribution in [1.29, 1.82) is 5.26 Å². The van der Waals surface area contributed by atoms with Gasteiger partial charge in [0.1, 0.15) is 18.0 Å². The number of nitriles is 1. The predicted octanol–water partition coefficient (Wildman–Crippen LogP) is 2.31. The van der Waals surface area contributed by atoms with Crippen LogP contribution in [0.1, 0.15) is 23.7 Å². The van der Waals surface area contributed by atoms with Crippen molar-refractivity contribution in [3.63, 3.8) is 0 Å². The van der Waals surface area contributed by atoms with E-state index in [0.29, 0.717) is 29.4 Å². The van der Waals surface area contributed by atoms with Crippen molar-refractivity contribution in [1.82, 2.24) is 5.32 Å². The SMILES string of the molecule is CCOc1ccc(N(CCC#N)C(=O)COC(=O)CNC(=O)c2cccc(OC)c2)cc1. The van der Waals surface area contributed by atoms with Crippen molar-refractivity contribution < 1.29 is 28.6 Å². The van der Waals surface area contributed by atoms with Crippen LogP contribution in [0.2, 0.25) is 0 Å². The molecule has 0 aliphatic rings.